The quantitative estimate of drug-likeness (QED) is 0.189. The van der Waals surface area contributed by atoms with Crippen molar-refractivity contribution in [2.24, 2.45) is 0 Å². The van der Waals surface area contributed by atoms with Gasteiger partial charge in [0.25, 0.3) is 0 Å². The summed E-state index contributed by atoms with van der Waals surface area (Å²) in [6.45, 7) is 19.7. The first-order valence-corrected chi connectivity index (χ1v) is 14.9. The van der Waals surface area contributed by atoms with E-state index in [1.54, 1.807) is 0 Å². The summed E-state index contributed by atoms with van der Waals surface area (Å²) < 4.78 is 0. The normalized spacial score (nSPS) is 10.9. The van der Waals surface area contributed by atoms with Gasteiger partial charge in [-0.2, -0.15) is 0 Å². The molecular weight excluding hydrogens is 464 g/mol. The van der Waals surface area contributed by atoms with Crippen LogP contribution in [0.3, 0.4) is 0 Å². The minimum atomic E-state index is 1.01. The molecule has 38 heavy (non-hydrogen) atoms. The van der Waals surface area contributed by atoms with Crippen LogP contribution >= 0.6 is 0 Å². The van der Waals surface area contributed by atoms with E-state index in [0.29, 0.717) is 0 Å². The first kappa shape index (κ1) is 29.4. The maximum Gasteiger partial charge on any atom is 0.0463 e. The van der Waals surface area contributed by atoms with Gasteiger partial charge in [-0.25, -0.2) is 0 Å². The number of hydrogen-bond donors (Lipinski definition) is 0. The van der Waals surface area contributed by atoms with Gasteiger partial charge in [0.1, 0.15) is 0 Å². The maximum atomic E-state index is 2.55. The Kier molecular flexibility index (Phi) is 11.9. The largest absolute Gasteiger partial charge is 0.372 e. The second-order valence-electron chi connectivity index (χ2n) is 9.92. The number of anilines is 6. The molecular formula is C34H50N4. The van der Waals surface area contributed by atoms with E-state index in [0.717, 1.165) is 39.3 Å². The summed E-state index contributed by atoms with van der Waals surface area (Å²) in [7, 11) is 0. The van der Waals surface area contributed by atoms with Gasteiger partial charge in [-0.1, -0.05) is 26.7 Å². The van der Waals surface area contributed by atoms with Crippen LogP contribution in [-0.2, 0) is 0 Å². The molecule has 0 radical (unpaired) electrons. The van der Waals surface area contributed by atoms with Crippen molar-refractivity contribution in [3.05, 3.63) is 72.8 Å². The van der Waals surface area contributed by atoms with Crippen molar-refractivity contribution in [1.82, 2.24) is 0 Å². The summed E-state index contributed by atoms with van der Waals surface area (Å²) in [6.07, 6.45) is 4.91. The molecule has 0 aliphatic heterocycles. The van der Waals surface area contributed by atoms with Crippen LogP contribution in [0.15, 0.2) is 72.8 Å². The van der Waals surface area contributed by atoms with Gasteiger partial charge in [0.15, 0.2) is 0 Å². The van der Waals surface area contributed by atoms with Crippen molar-refractivity contribution < 1.29 is 0 Å². The van der Waals surface area contributed by atoms with Gasteiger partial charge in [-0.15, -0.1) is 0 Å². The lowest BCUT2D eigenvalue weighted by Gasteiger charge is -2.29. The van der Waals surface area contributed by atoms with E-state index < -0.39 is 0 Å². The Morgan fingerprint density at radius 1 is 0.368 bits per heavy atom. The average molecular weight is 515 g/mol. The smallest absolute Gasteiger partial charge is 0.0463 e. The van der Waals surface area contributed by atoms with Gasteiger partial charge in [0.2, 0.25) is 0 Å². The maximum absolute atomic E-state index is 2.55. The van der Waals surface area contributed by atoms with Gasteiger partial charge < -0.3 is 19.6 Å². The fraction of sp³-hybridized carbons (Fsp3) is 0.471. The molecule has 0 aliphatic carbocycles. The lowest BCUT2D eigenvalue weighted by atomic mass is 10.1. The van der Waals surface area contributed by atoms with Crippen LogP contribution in [0.5, 0.6) is 0 Å². The van der Waals surface area contributed by atoms with E-state index in [4.69, 9.17) is 0 Å². The fourth-order valence-corrected chi connectivity index (χ4v) is 5.13. The lowest BCUT2D eigenvalue weighted by molar-refractivity contribution is 0.678. The van der Waals surface area contributed by atoms with Gasteiger partial charge in [0, 0.05) is 73.4 Å². The highest BCUT2D eigenvalue weighted by atomic mass is 15.2. The molecule has 0 fully saturated rings. The first-order chi connectivity index (χ1) is 18.6. The molecule has 0 amide bonds. The minimum absolute atomic E-state index is 1.01. The van der Waals surface area contributed by atoms with E-state index in [9.17, 15) is 0 Å². The fourth-order valence-electron chi connectivity index (χ4n) is 5.13. The number of unbranched alkanes of at least 4 members (excludes halogenated alkanes) is 2. The third-order valence-corrected chi connectivity index (χ3v) is 7.51. The Bertz CT molecular complexity index is 972. The molecule has 206 valence electrons. The molecule has 3 rings (SSSR count). The molecule has 0 spiro atoms. The Balaban J connectivity index is 1.98. The van der Waals surface area contributed by atoms with Crippen LogP contribution < -0.4 is 19.6 Å². The summed E-state index contributed by atoms with van der Waals surface area (Å²) in [5, 5.41) is 0. The average Bonchev–Trinajstić information content (AvgIpc) is 2.97. The molecule has 0 N–H and O–H groups in total. The first-order valence-electron chi connectivity index (χ1n) is 14.9. The molecule has 0 heterocycles. The van der Waals surface area contributed by atoms with E-state index >= 15 is 0 Å². The van der Waals surface area contributed by atoms with Crippen molar-refractivity contribution in [2.45, 2.75) is 67.2 Å². The second-order valence-corrected chi connectivity index (χ2v) is 9.92. The highest BCUT2D eigenvalue weighted by Crippen LogP contribution is 2.37. The van der Waals surface area contributed by atoms with Crippen molar-refractivity contribution in [2.75, 3.05) is 58.9 Å². The molecule has 4 heteroatoms. The van der Waals surface area contributed by atoms with Crippen molar-refractivity contribution >= 4 is 34.1 Å². The van der Waals surface area contributed by atoms with E-state index in [1.807, 2.05) is 0 Å². The molecule has 0 atom stereocenters. The molecule has 0 saturated heterocycles. The SMILES string of the molecule is CCCCN(CCCC)c1ccc(N(c2ccc(N(CC)CC)cc2)c2ccc(N(CC)CC)cc2)cc1. The molecule has 4 nitrogen and oxygen atoms in total. The second kappa shape index (κ2) is 15.3. The summed E-state index contributed by atoms with van der Waals surface area (Å²) in [5.41, 5.74) is 7.41. The zero-order valence-electron chi connectivity index (χ0n) is 24.8. The molecule has 3 aromatic carbocycles. The van der Waals surface area contributed by atoms with Crippen LogP contribution in [0.1, 0.15) is 67.2 Å². The molecule has 0 unspecified atom stereocenters. The minimum Gasteiger partial charge on any atom is -0.372 e. The molecule has 0 saturated carbocycles. The van der Waals surface area contributed by atoms with Crippen molar-refractivity contribution in [3.63, 3.8) is 0 Å². The van der Waals surface area contributed by atoms with Crippen LogP contribution in [-0.4, -0.2) is 39.3 Å². The van der Waals surface area contributed by atoms with E-state index in [2.05, 4.69) is 134 Å². The van der Waals surface area contributed by atoms with E-state index in [1.165, 1.54) is 59.8 Å². The molecule has 0 aromatic heterocycles. The van der Waals surface area contributed by atoms with Crippen LogP contribution in [0.4, 0.5) is 34.1 Å². The van der Waals surface area contributed by atoms with Crippen molar-refractivity contribution in [3.8, 4) is 0 Å². The Morgan fingerprint density at radius 2 is 0.632 bits per heavy atom. The number of hydrogen-bond acceptors (Lipinski definition) is 4. The zero-order chi connectivity index (χ0) is 27.3. The Labute approximate surface area is 232 Å². The van der Waals surface area contributed by atoms with Gasteiger partial charge >= 0.3 is 0 Å². The standard InChI is InChI=1S/C34H50N4/c1-7-13-27-37(28-14-8-2)31-19-25-34(26-20-31)38(32-21-15-29(16-22-32)35(9-3)10-4)33-23-17-30(18-24-33)36(11-5)12-6/h15-26H,7-14,27-28H2,1-6H3. The number of rotatable bonds is 16. The molecule has 0 aliphatic rings. The predicted molar refractivity (Wildman–Crippen MR) is 170 cm³/mol. The Morgan fingerprint density at radius 3 is 0.895 bits per heavy atom. The van der Waals surface area contributed by atoms with Crippen LogP contribution in [0.2, 0.25) is 0 Å². The van der Waals surface area contributed by atoms with E-state index in [-0.39, 0.29) is 0 Å². The number of nitrogens with zero attached hydrogens (tertiary/aromatic N) is 4. The van der Waals surface area contributed by atoms with Gasteiger partial charge in [0.05, 0.1) is 0 Å². The predicted octanol–water partition coefficient (Wildman–Crippen LogP) is 9.26. The highest BCUT2D eigenvalue weighted by Gasteiger charge is 2.15. The number of benzene rings is 3. The third-order valence-electron chi connectivity index (χ3n) is 7.51. The van der Waals surface area contributed by atoms with Gasteiger partial charge in [-0.05, 0) is 113 Å². The summed E-state index contributed by atoms with van der Waals surface area (Å²) in [5.74, 6) is 0. The summed E-state index contributed by atoms with van der Waals surface area (Å²) in [6, 6.07) is 27.2. The monoisotopic (exact) mass is 514 g/mol. The van der Waals surface area contributed by atoms with Gasteiger partial charge in [-0.3, -0.25) is 0 Å². The third kappa shape index (κ3) is 7.46. The zero-order valence-corrected chi connectivity index (χ0v) is 24.8. The summed E-state index contributed by atoms with van der Waals surface area (Å²) in [4.78, 5) is 9.72. The van der Waals surface area contributed by atoms with Crippen LogP contribution in [0.25, 0.3) is 0 Å². The Hall–Kier alpha value is -3.14. The summed E-state index contributed by atoms with van der Waals surface area (Å²) >= 11 is 0. The van der Waals surface area contributed by atoms with Crippen molar-refractivity contribution in [1.29, 1.82) is 0 Å². The molecule has 3 aromatic rings. The highest BCUT2D eigenvalue weighted by molar-refractivity contribution is 5.79. The lowest BCUT2D eigenvalue weighted by Crippen LogP contribution is -2.25. The topological polar surface area (TPSA) is 13.0 Å². The van der Waals surface area contributed by atoms with Crippen LogP contribution in [0, 0.1) is 0 Å². The molecule has 0 bridgehead atoms.